The van der Waals surface area contributed by atoms with Crippen molar-refractivity contribution in [3.05, 3.63) is 35.9 Å². The van der Waals surface area contributed by atoms with E-state index >= 15 is 0 Å². The summed E-state index contributed by atoms with van der Waals surface area (Å²) in [6.45, 7) is 0. The van der Waals surface area contributed by atoms with Gasteiger partial charge in [-0.15, -0.1) is 0 Å². The third-order valence-electron chi connectivity index (χ3n) is 4.49. The maximum absolute atomic E-state index is 12.3. The minimum atomic E-state index is -1.58. The van der Waals surface area contributed by atoms with Gasteiger partial charge in [-0.25, -0.2) is 0 Å². The highest BCUT2D eigenvalue weighted by Gasteiger charge is 2.74. The number of hydrogen-bond donors (Lipinski definition) is 1. The lowest BCUT2D eigenvalue weighted by atomic mass is 9.72. The highest BCUT2D eigenvalue weighted by molar-refractivity contribution is 6.04. The average Bonchev–Trinajstić information content (AvgIpc) is 2.92. The van der Waals surface area contributed by atoms with Crippen LogP contribution in [0, 0.1) is 5.41 Å². The molecule has 0 spiro atoms. The first-order valence-electron chi connectivity index (χ1n) is 6.63. The van der Waals surface area contributed by atoms with Gasteiger partial charge in [0.25, 0.3) is 0 Å². The van der Waals surface area contributed by atoms with Crippen molar-refractivity contribution in [3.63, 3.8) is 0 Å². The molecule has 5 heteroatoms. The predicted molar refractivity (Wildman–Crippen MR) is 68.5 cm³/mol. The van der Waals surface area contributed by atoms with Gasteiger partial charge in [-0.3, -0.25) is 9.59 Å². The van der Waals surface area contributed by atoms with E-state index in [9.17, 15) is 14.7 Å². The van der Waals surface area contributed by atoms with Gasteiger partial charge in [0.05, 0.1) is 7.11 Å². The maximum atomic E-state index is 12.3. The Hall–Kier alpha value is -1.88. The molecule has 1 aromatic carbocycles. The van der Waals surface area contributed by atoms with E-state index in [1.807, 2.05) is 6.07 Å². The molecule has 1 saturated heterocycles. The number of hydrogen-bond acceptors (Lipinski definition) is 5. The molecule has 0 unspecified atom stereocenters. The summed E-state index contributed by atoms with van der Waals surface area (Å²) in [5.41, 5.74) is -2.42. The molecule has 0 radical (unpaired) electrons. The molecular formula is C15H16O5. The summed E-state index contributed by atoms with van der Waals surface area (Å²) in [4.78, 5) is 24.4. The summed E-state index contributed by atoms with van der Waals surface area (Å²) < 4.78 is 10.1. The standard InChI is InChI=1S/C15H16O5/c1-19-12(16)14-8-5-9-15(14,18)11(20-13(14)17)10-6-3-2-4-7-10/h2-4,6-7,11,18H,5,8-9H2,1H3/t11-,14+,15-/m1/s1. The van der Waals surface area contributed by atoms with Crippen molar-refractivity contribution in [2.45, 2.75) is 31.0 Å². The minimum Gasteiger partial charge on any atom is -0.468 e. The fraction of sp³-hybridized carbons (Fsp3) is 0.467. The number of carbonyl (C=O) groups excluding carboxylic acids is 2. The first-order chi connectivity index (χ1) is 9.56. The second kappa shape index (κ2) is 4.31. The Morgan fingerprint density at radius 1 is 1.35 bits per heavy atom. The van der Waals surface area contributed by atoms with Gasteiger partial charge in [0.15, 0.2) is 11.5 Å². The second-order valence-corrected chi connectivity index (χ2v) is 5.37. The topological polar surface area (TPSA) is 72.8 Å². The Morgan fingerprint density at radius 3 is 2.70 bits per heavy atom. The van der Waals surface area contributed by atoms with Gasteiger partial charge < -0.3 is 14.6 Å². The lowest BCUT2D eigenvalue weighted by molar-refractivity contribution is -0.169. The molecule has 2 aliphatic rings. The molecule has 0 amide bonds. The van der Waals surface area contributed by atoms with Crippen LogP contribution in [0.2, 0.25) is 0 Å². The monoisotopic (exact) mass is 276 g/mol. The van der Waals surface area contributed by atoms with E-state index in [0.29, 0.717) is 18.4 Å². The van der Waals surface area contributed by atoms with Crippen molar-refractivity contribution in [2.24, 2.45) is 5.41 Å². The SMILES string of the molecule is COC(=O)[C@]12CCC[C@@]1(O)[C@@H](c1ccccc1)OC2=O. The summed E-state index contributed by atoms with van der Waals surface area (Å²) in [5.74, 6) is -1.39. The van der Waals surface area contributed by atoms with Gasteiger partial charge in [-0.2, -0.15) is 0 Å². The number of methoxy groups -OCH3 is 1. The highest BCUT2D eigenvalue weighted by atomic mass is 16.6. The van der Waals surface area contributed by atoms with Crippen molar-refractivity contribution in [1.29, 1.82) is 0 Å². The minimum absolute atomic E-state index is 0.262. The van der Waals surface area contributed by atoms with Crippen molar-refractivity contribution < 1.29 is 24.2 Å². The van der Waals surface area contributed by atoms with Crippen LogP contribution in [0.5, 0.6) is 0 Å². The van der Waals surface area contributed by atoms with E-state index in [1.165, 1.54) is 7.11 Å². The van der Waals surface area contributed by atoms with Crippen LogP contribution in [0.3, 0.4) is 0 Å². The molecule has 3 rings (SSSR count). The first kappa shape index (κ1) is 13.1. The largest absolute Gasteiger partial charge is 0.468 e. The van der Waals surface area contributed by atoms with E-state index in [1.54, 1.807) is 24.3 Å². The van der Waals surface area contributed by atoms with Crippen molar-refractivity contribution in [1.82, 2.24) is 0 Å². The van der Waals surface area contributed by atoms with Gasteiger partial charge in [-0.05, 0) is 24.8 Å². The van der Waals surface area contributed by atoms with E-state index in [0.717, 1.165) is 0 Å². The molecule has 1 saturated carbocycles. The van der Waals surface area contributed by atoms with Crippen LogP contribution >= 0.6 is 0 Å². The number of benzene rings is 1. The lowest BCUT2D eigenvalue weighted by Crippen LogP contribution is -2.51. The Labute approximate surface area is 116 Å². The quantitative estimate of drug-likeness (QED) is 0.652. The van der Waals surface area contributed by atoms with Crippen LogP contribution in [-0.2, 0) is 19.1 Å². The van der Waals surface area contributed by atoms with Gasteiger partial charge >= 0.3 is 11.9 Å². The number of aliphatic hydroxyl groups is 1. The number of cyclic esters (lactones) is 1. The number of fused-ring (bicyclic) bond motifs is 1. The fourth-order valence-electron chi connectivity index (χ4n) is 3.50. The molecule has 0 aromatic heterocycles. The van der Waals surface area contributed by atoms with E-state index in [4.69, 9.17) is 9.47 Å². The molecule has 1 heterocycles. The molecular weight excluding hydrogens is 260 g/mol. The van der Waals surface area contributed by atoms with E-state index in [2.05, 4.69) is 0 Å². The van der Waals surface area contributed by atoms with Gasteiger partial charge in [0, 0.05) is 0 Å². The van der Waals surface area contributed by atoms with Crippen LogP contribution in [0.15, 0.2) is 30.3 Å². The van der Waals surface area contributed by atoms with Crippen LogP contribution < -0.4 is 0 Å². The second-order valence-electron chi connectivity index (χ2n) is 5.37. The number of esters is 2. The molecule has 2 fully saturated rings. The molecule has 1 aliphatic heterocycles. The van der Waals surface area contributed by atoms with E-state index < -0.39 is 29.1 Å². The van der Waals surface area contributed by atoms with Crippen LogP contribution in [0.1, 0.15) is 30.9 Å². The summed E-state index contributed by atoms with van der Waals surface area (Å²) in [7, 11) is 1.22. The lowest BCUT2D eigenvalue weighted by Gasteiger charge is -2.32. The van der Waals surface area contributed by atoms with E-state index in [-0.39, 0.29) is 6.42 Å². The fourth-order valence-corrected chi connectivity index (χ4v) is 3.50. The Bertz CT molecular complexity index is 555. The number of rotatable bonds is 2. The van der Waals surface area contributed by atoms with Crippen molar-refractivity contribution in [3.8, 4) is 0 Å². The molecule has 20 heavy (non-hydrogen) atoms. The predicted octanol–water partition coefficient (Wildman–Crippen LogP) is 1.36. The van der Waals surface area contributed by atoms with Crippen LogP contribution in [-0.4, -0.2) is 29.8 Å². The van der Waals surface area contributed by atoms with Crippen molar-refractivity contribution in [2.75, 3.05) is 7.11 Å². The zero-order valence-electron chi connectivity index (χ0n) is 11.2. The zero-order chi connectivity index (χ0) is 14.4. The molecule has 1 N–H and O–H groups in total. The Balaban J connectivity index is 2.10. The molecule has 1 aromatic rings. The molecule has 1 aliphatic carbocycles. The highest BCUT2D eigenvalue weighted by Crippen LogP contribution is 2.60. The third kappa shape index (κ3) is 1.41. The number of carbonyl (C=O) groups is 2. The third-order valence-corrected chi connectivity index (χ3v) is 4.49. The Kier molecular flexibility index (Phi) is 2.83. The number of ether oxygens (including phenoxy) is 2. The molecule has 0 bridgehead atoms. The van der Waals surface area contributed by atoms with Gasteiger partial charge in [-0.1, -0.05) is 30.3 Å². The Morgan fingerprint density at radius 2 is 2.05 bits per heavy atom. The normalized spacial score (nSPS) is 35.5. The first-order valence-corrected chi connectivity index (χ1v) is 6.63. The maximum Gasteiger partial charge on any atom is 0.327 e. The summed E-state index contributed by atoms with van der Waals surface area (Å²) in [5, 5.41) is 11.0. The molecule has 5 nitrogen and oxygen atoms in total. The average molecular weight is 276 g/mol. The van der Waals surface area contributed by atoms with Gasteiger partial charge in [0.1, 0.15) is 5.60 Å². The van der Waals surface area contributed by atoms with Gasteiger partial charge in [0.2, 0.25) is 0 Å². The molecule has 3 atom stereocenters. The van der Waals surface area contributed by atoms with Crippen LogP contribution in [0.4, 0.5) is 0 Å². The molecule has 106 valence electrons. The van der Waals surface area contributed by atoms with Crippen molar-refractivity contribution >= 4 is 11.9 Å². The summed E-state index contributed by atoms with van der Waals surface area (Å²) >= 11 is 0. The summed E-state index contributed by atoms with van der Waals surface area (Å²) in [6.07, 6.45) is 0.369. The summed E-state index contributed by atoms with van der Waals surface area (Å²) in [6, 6.07) is 9.01. The zero-order valence-corrected chi connectivity index (χ0v) is 11.2. The van der Waals surface area contributed by atoms with Crippen LogP contribution in [0.25, 0.3) is 0 Å². The smallest absolute Gasteiger partial charge is 0.327 e.